The lowest BCUT2D eigenvalue weighted by Crippen LogP contribution is -2.23. The highest BCUT2D eigenvalue weighted by molar-refractivity contribution is 7.94. The fourth-order valence-electron chi connectivity index (χ4n) is 2.46. The van der Waals surface area contributed by atoms with Crippen molar-refractivity contribution in [2.75, 3.05) is 11.5 Å². The Morgan fingerprint density at radius 3 is 2.62 bits per heavy atom. The van der Waals surface area contributed by atoms with E-state index >= 15 is 0 Å². The molecular weight excluding hydrogens is 334 g/mol. The molecule has 0 atom stereocenters. The summed E-state index contributed by atoms with van der Waals surface area (Å²) >= 11 is 1.48. The van der Waals surface area contributed by atoms with E-state index in [1.807, 2.05) is 0 Å². The number of sulfonamides is 1. The molecule has 2 N–H and O–H groups in total. The Balaban J connectivity index is 2.12. The van der Waals surface area contributed by atoms with Gasteiger partial charge in [0.05, 0.1) is 16.9 Å². The molecule has 0 radical (unpaired) electrons. The molecule has 10 heteroatoms. The molecule has 7 nitrogen and oxygen atoms in total. The number of nitrogens with zero attached hydrogens (tertiary/aromatic N) is 2. The minimum absolute atomic E-state index is 0.0736. The van der Waals surface area contributed by atoms with Crippen molar-refractivity contribution in [3.05, 3.63) is 16.8 Å². The first kappa shape index (κ1) is 14.8. The van der Waals surface area contributed by atoms with Crippen LogP contribution < -0.4 is 5.14 Å². The maximum atomic E-state index is 12.4. The van der Waals surface area contributed by atoms with Crippen molar-refractivity contribution in [3.63, 3.8) is 0 Å². The highest BCUT2D eigenvalue weighted by Gasteiger charge is 2.27. The number of hydrogen-bond acceptors (Lipinski definition) is 7. The zero-order valence-electron chi connectivity index (χ0n) is 10.9. The van der Waals surface area contributed by atoms with Gasteiger partial charge in [-0.2, -0.15) is 0 Å². The van der Waals surface area contributed by atoms with E-state index in [9.17, 15) is 16.8 Å². The fourth-order valence-corrected chi connectivity index (χ4v) is 6.49. The number of nitrogens with two attached hydrogens (primary N) is 1. The van der Waals surface area contributed by atoms with Gasteiger partial charge in [0.2, 0.25) is 10.0 Å². The van der Waals surface area contributed by atoms with Gasteiger partial charge in [-0.15, -0.1) is 11.3 Å². The van der Waals surface area contributed by atoms with Gasteiger partial charge in [-0.3, -0.25) is 0 Å². The summed E-state index contributed by atoms with van der Waals surface area (Å²) in [5.74, 6) is -1.18. The second-order valence-electron chi connectivity index (χ2n) is 4.90. The van der Waals surface area contributed by atoms with Gasteiger partial charge in [-0.1, -0.05) is 0 Å². The van der Waals surface area contributed by atoms with Crippen molar-refractivity contribution in [2.24, 2.45) is 5.14 Å². The van der Waals surface area contributed by atoms with Gasteiger partial charge in [0, 0.05) is 4.88 Å². The van der Waals surface area contributed by atoms with Gasteiger partial charge in [-0.05, 0) is 24.8 Å². The molecule has 21 heavy (non-hydrogen) atoms. The lowest BCUT2D eigenvalue weighted by molar-refractivity contribution is 0.586. The first-order valence-electron chi connectivity index (χ1n) is 6.26. The quantitative estimate of drug-likeness (QED) is 0.791. The molecule has 0 aromatic carbocycles. The van der Waals surface area contributed by atoms with E-state index < -0.39 is 31.4 Å². The van der Waals surface area contributed by atoms with Crippen LogP contribution in [0.4, 0.5) is 0 Å². The smallest absolute Gasteiger partial charge is 0.210 e. The van der Waals surface area contributed by atoms with Crippen molar-refractivity contribution in [1.29, 1.82) is 0 Å². The van der Waals surface area contributed by atoms with Crippen molar-refractivity contribution >= 4 is 41.4 Å². The van der Waals surface area contributed by atoms with E-state index in [-0.39, 0.29) is 5.03 Å². The molecule has 2 aromatic heterocycles. The van der Waals surface area contributed by atoms with Crippen LogP contribution in [0.2, 0.25) is 0 Å². The third kappa shape index (κ3) is 2.80. The van der Waals surface area contributed by atoms with E-state index in [4.69, 9.17) is 5.14 Å². The molecule has 1 aliphatic rings. The van der Waals surface area contributed by atoms with Crippen molar-refractivity contribution in [2.45, 2.75) is 24.3 Å². The number of aromatic nitrogens is 2. The van der Waals surface area contributed by atoms with Crippen LogP contribution >= 0.6 is 11.3 Å². The Bertz CT molecular complexity index is 916. The molecule has 0 spiro atoms. The molecule has 2 heterocycles. The predicted octanol–water partition coefficient (Wildman–Crippen LogP) is 0.242. The van der Waals surface area contributed by atoms with Gasteiger partial charge >= 0.3 is 0 Å². The summed E-state index contributed by atoms with van der Waals surface area (Å²) in [4.78, 5) is 9.82. The van der Waals surface area contributed by atoms with E-state index in [2.05, 4.69) is 9.97 Å². The van der Waals surface area contributed by atoms with Gasteiger partial charge in [0.15, 0.2) is 14.9 Å². The SMILES string of the molecule is NS(=O)(=O)CCS(=O)(=O)c1ncnc2sc3c(c12)CCC3. The number of thiophene rings is 1. The van der Waals surface area contributed by atoms with Crippen LogP contribution in [-0.2, 0) is 32.7 Å². The molecular formula is C11H13N3O4S3. The lowest BCUT2D eigenvalue weighted by atomic mass is 10.2. The zero-order valence-corrected chi connectivity index (χ0v) is 13.4. The molecule has 0 aliphatic heterocycles. The highest BCUT2D eigenvalue weighted by Crippen LogP contribution is 2.38. The van der Waals surface area contributed by atoms with Gasteiger partial charge in [0.1, 0.15) is 11.2 Å². The minimum atomic E-state index is -3.84. The van der Waals surface area contributed by atoms with Crippen LogP contribution in [0.1, 0.15) is 16.9 Å². The Morgan fingerprint density at radius 1 is 1.14 bits per heavy atom. The summed E-state index contributed by atoms with van der Waals surface area (Å²) in [5, 5.41) is 5.37. The lowest BCUT2D eigenvalue weighted by Gasteiger charge is -2.05. The molecule has 114 valence electrons. The van der Waals surface area contributed by atoms with Crippen LogP contribution in [0.25, 0.3) is 10.2 Å². The maximum absolute atomic E-state index is 12.4. The zero-order chi connectivity index (χ0) is 15.3. The average molecular weight is 347 g/mol. The van der Waals surface area contributed by atoms with Crippen LogP contribution in [0.3, 0.4) is 0 Å². The standard InChI is InChI=1S/C11H13N3O4S3/c12-21(17,18)5-4-20(15,16)11-9-7-2-1-3-8(7)19-10(9)13-6-14-11/h6H,1-5H2,(H2,12,17,18). The first-order chi connectivity index (χ1) is 9.78. The maximum Gasteiger partial charge on any atom is 0.210 e. The average Bonchev–Trinajstić information content (AvgIpc) is 2.95. The van der Waals surface area contributed by atoms with Gasteiger partial charge in [0.25, 0.3) is 0 Å². The fraction of sp³-hybridized carbons (Fsp3) is 0.455. The Morgan fingerprint density at radius 2 is 1.90 bits per heavy atom. The third-order valence-corrected chi connectivity index (χ3v) is 7.27. The van der Waals surface area contributed by atoms with Crippen LogP contribution in [0, 0.1) is 0 Å². The highest BCUT2D eigenvalue weighted by atomic mass is 32.2. The monoisotopic (exact) mass is 347 g/mol. The van der Waals surface area contributed by atoms with E-state index in [0.717, 1.165) is 29.7 Å². The molecule has 0 saturated heterocycles. The van der Waals surface area contributed by atoms with Crippen LogP contribution in [0.15, 0.2) is 11.4 Å². The largest absolute Gasteiger partial charge is 0.229 e. The molecule has 1 aliphatic carbocycles. The number of aryl methyl sites for hydroxylation is 2. The van der Waals surface area contributed by atoms with Crippen molar-refractivity contribution < 1.29 is 16.8 Å². The third-order valence-electron chi connectivity index (χ3n) is 3.40. The number of fused-ring (bicyclic) bond motifs is 3. The molecule has 2 aromatic rings. The second-order valence-corrected chi connectivity index (χ2v) is 9.74. The summed E-state index contributed by atoms with van der Waals surface area (Å²) in [7, 11) is -7.65. The van der Waals surface area contributed by atoms with E-state index in [0.29, 0.717) is 10.2 Å². The molecule has 3 rings (SSSR count). The number of primary sulfonamides is 1. The summed E-state index contributed by atoms with van der Waals surface area (Å²) in [5.41, 5.74) is 0.991. The molecule has 0 saturated carbocycles. The molecule has 0 unspecified atom stereocenters. The van der Waals surface area contributed by atoms with Gasteiger partial charge in [-0.25, -0.2) is 31.9 Å². The summed E-state index contributed by atoms with van der Waals surface area (Å²) < 4.78 is 46.8. The van der Waals surface area contributed by atoms with Crippen LogP contribution in [-0.4, -0.2) is 38.3 Å². The van der Waals surface area contributed by atoms with Gasteiger partial charge < -0.3 is 0 Å². The number of rotatable bonds is 4. The van der Waals surface area contributed by atoms with Crippen LogP contribution in [0.5, 0.6) is 0 Å². The molecule has 0 fully saturated rings. The Kier molecular flexibility index (Phi) is 3.51. The summed E-state index contributed by atoms with van der Waals surface area (Å²) in [6.45, 7) is 0. The first-order valence-corrected chi connectivity index (χ1v) is 10.4. The normalized spacial score (nSPS) is 15.5. The molecule has 0 bridgehead atoms. The predicted molar refractivity (Wildman–Crippen MR) is 79.5 cm³/mol. The summed E-state index contributed by atoms with van der Waals surface area (Å²) in [6.07, 6.45) is 3.92. The van der Waals surface area contributed by atoms with Crippen molar-refractivity contribution in [1.82, 2.24) is 9.97 Å². The number of hydrogen-bond donors (Lipinski definition) is 1. The topological polar surface area (TPSA) is 120 Å². The van der Waals surface area contributed by atoms with E-state index in [1.54, 1.807) is 0 Å². The summed E-state index contributed by atoms with van der Waals surface area (Å²) in [6, 6.07) is 0. The van der Waals surface area contributed by atoms with E-state index in [1.165, 1.54) is 17.7 Å². The Hall–Kier alpha value is -1.10. The molecule has 0 amide bonds. The van der Waals surface area contributed by atoms with Crippen molar-refractivity contribution in [3.8, 4) is 0 Å². The second kappa shape index (κ2) is 4.97. The Labute approximate surface area is 126 Å². The number of sulfone groups is 1. The minimum Gasteiger partial charge on any atom is -0.229 e.